The van der Waals surface area contributed by atoms with Crippen molar-refractivity contribution in [1.29, 1.82) is 0 Å². The predicted octanol–water partition coefficient (Wildman–Crippen LogP) is 4.04. The smallest absolute Gasteiger partial charge is 0.312 e. The van der Waals surface area contributed by atoms with Crippen molar-refractivity contribution >= 4 is 46.0 Å². The number of hydrogen-bond acceptors (Lipinski definition) is 4. The standard InChI is InChI=1S/C23H21Cl2N5O2/c1-14-11-28(16-6-4-3-5-7-16)22-26-20-19(29(22)12-14)21(31)30(23(32)27(20)2)13-15-8-9-17(24)18(25)10-15/h3-10,14H,11-13H2,1-2H3. The molecule has 4 aromatic rings. The Kier molecular flexibility index (Phi) is 5.10. The summed E-state index contributed by atoms with van der Waals surface area (Å²) in [6.45, 7) is 3.66. The van der Waals surface area contributed by atoms with E-state index in [1.807, 2.05) is 34.9 Å². The Balaban J connectivity index is 1.71. The van der Waals surface area contributed by atoms with Crippen molar-refractivity contribution in [2.75, 3.05) is 11.4 Å². The Labute approximate surface area is 194 Å². The Hall–Kier alpha value is -3.03. The molecule has 1 atom stereocenters. The first kappa shape index (κ1) is 20.8. The number of fused-ring (bicyclic) bond motifs is 3. The number of aromatic nitrogens is 4. The van der Waals surface area contributed by atoms with E-state index in [-0.39, 0.29) is 12.1 Å². The third-order valence-corrected chi connectivity index (χ3v) is 6.57. The quantitative estimate of drug-likeness (QED) is 0.454. The maximum Gasteiger partial charge on any atom is 0.332 e. The summed E-state index contributed by atoms with van der Waals surface area (Å²) in [6.07, 6.45) is 0. The van der Waals surface area contributed by atoms with E-state index in [4.69, 9.17) is 28.2 Å². The average molecular weight is 470 g/mol. The summed E-state index contributed by atoms with van der Waals surface area (Å²) in [5.41, 5.74) is 1.73. The maximum atomic E-state index is 13.6. The molecule has 0 amide bonds. The predicted molar refractivity (Wildman–Crippen MR) is 127 cm³/mol. The van der Waals surface area contributed by atoms with E-state index in [1.165, 1.54) is 9.13 Å². The van der Waals surface area contributed by atoms with Crippen LogP contribution in [0.25, 0.3) is 11.2 Å². The van der Waals surface area contributed by atoms with Crippen molar-refractivity contribution in [3.63, 3.8) is 0 Å². The van der Waals surface area contributed by atoms with Gasteiger partial charge >= 0.3 is 5.69 Å². The Bertz CT molecular complexity index is 1460. The van der Waals surface area contributed by atoms with Crippen LogP contribution in [0.15, 0.2) is 58.1 Å². The van der Waals surface area contributed by atoms with E-state index in [2.05, 4.69) is 11.8 Å². The number of rotatable bonds is 3. The van der Waals surface area contributed by atoms with Crippen molar-refractivity contribution in [3.8, 4) is 0 Å². The van der Waals surface area contributed by atoms with Crippen molar-refractivity contribution in [3.05, 3.63) is 85.0 Å². The highest BCUT2D eigenvalue weighted by Crippen LogP contribution is 2.32. The summed E-state index contributed by atoms with van der Waals surface area (Å²) in [6, 6.07) is 15.0. The first-order valence-corrected chi connectivity index (χ1v) is 11.1. The lowest BCUT2D eigenvalue weighted by atomic mass is 10.1. The van der Waals surface area contributed by atoms with Gasteiger partial charge in [-0.2, -0.15) is 4.98 Å². The van der Waals surface area contributed by atoms with Crippen LogP contribution in [0.4, 0.5) is 11.6 Å². The van der Waals surface area contributed by atoms with Crippen LogP contribution >= 0.6 is 23.2 Å². The summed E-state index contributed by atoms with van der Waals surface area (Å²) < 4.78 is 4.60. The molecule has 0 saturated carbocycles. The summed E-state index contributed by atoms with van der Waals surface area (Å²) in [5.74, 6) is 0.962. The molecule has 0 radical (unpaired) electrons. The average Bonchev–Trinajstić information content (AvgIpc) is 3.17. The lowest BCUT2D eigenvalue weighted by molar-refractivity contribution is 0.458. The van der Waals surface area contributed by atoms with Gasteiger partial charge in [0.1, 0.15) is 0 Å². The van der Waals surface area contributed by atoms with Gasteiger partial charge in [0.25, 0.3) is 5.56 Å². The summed E-state index contributed by atoms with van der Waals surface area (Å²) in [7, 11) is 1.64. The molecule has 0 spiro atoms. The molecule has 2 aromatic carbocycles. The van der Waals surface area contributed by atoms with Crippen LogP contribution in [0, 0.1) is 5.92 Å². The molecular weight excluding hydrogens is 449 g/mol. The van der Waals surface area contributed by atoms with Gasteiger partial charge in [0, 0.05) is 25.8 Å². The maximum absolute atomic E-state index is 13.6. The van der Waals surface area contributed by atoms with E-state index >= 15 is 0 Å². The monoisotopic (exact) mass is 469 g/mol. The highest BCUT2D eigenvalue weighted by molar-refractivity contribution is 6.42. The van der Waals surface area contributed by atoms with Crippen LogP contribution < -0.4 is 16.1 Å². The molecule has 0 saturated heterocycles. The zero-order chi connectivity index (χ0) is 22.6. The topological polar surface area (TPSA) is 65.1 Å². The van der Waals surface area contributed by atoms with Gasteiger partial charge in [-0.15, -0.1) is 0 Å². The van der Waals surface area contributed by atoms with Crippen LogP contribution in [0.2, 0.25) is 10.0 Å². The molecule has 1 unspecified atom stereocenters. The molecule has 1 aliphatic heterocycles. The number of aryl methyl sites for hydroxylation is 1. The highest BCUT2D eigenvalue weighted by Gasteiger charge is 2.29. The molecule has 3 heterocycles. The lowest BCUT2D eigenvalue weighted by Gasteiger charge is -2.32. The van der Waals surface area contributed by atoms with E-state index in [9.17, 15) is 9.59 Å². The van der Waals surface area contributed by atoms with Crippen molar-refractivity contribution in [2.24, 2.45) is 13.0 Å². The van der Waals surface area contributed by atoms with Gasteiger partial charge in [-0.05, 0) is 35.7 Å². The molecule has 5 rings (SSSR count). The molecule has 0 fully saturated rings. The fraction of sp³-hybridized carbons (Fsp3) is 0.261. The fourth-order valence-electron chi connectivity index (χ4n) is 4.29. The lowest BCUT2D eigenvalue weighted by Crippen LogP contribution is -2.40. The van der Waals surface area contributed by atoms with E-state index in [0.717, 1.165) is 17.8 Å². The molecule has 0 N–H and O–H groups in total. The van der Waals surface area contributed by atoms with E-state index in [0.29, 0.717) is 39.6 Å². The minimum absolute atomic E-state index is 0.0940. The molecule has 7 nitrogen and oxygen atoms in total. The number of benzene rings is 2. The van der Waals surface area contributed by atoms with Crippen molar-refractivity contribution in [2.45, 2.75) is 20.0 Å². The Morgan fingerprint density at radius 1 is 1.03 bits per heavy atom. The van der Waals surface area contributed by atoms with Crippen LogP contribution in [0.3, 0.4) is 0 Å². The summed E-state index contributed by atoms with van der Waals surface area (Å²) >= 11 is 12.1. The first-order valence-electron chi connectivity index (χ1n) is 10.3. The van der Waals surface area contributed by atoms with Crippen LogP contribution in [0.1, 0.15) is 12.5 Å². The SMILES string of the molecule is CC1CN(c2ccccc2)c2nc3c(c(=O)n(Cc4ccc(Cl)c(Cl)c4)c(=O)n3C)n2C1. The second-order valence-corrected chi connectivity index (χ2v) is 9.04. The second kappa shape index (κ2) is 7.83. The van der Waals surface area contributed by atoms with Crippen molar-refractivity contribution < 1.29 is 0 Å². The number of nitrogens with zero attached hydrogens (tertiary/aromatic N) is 5. The number of anilines is 2. The number of halogens is 2. The summed E-state index contributed by atoms with van der Waals surface area (Å²) in [5, 5.41) is 0.801. The van der Waals surface area contributed by atoms with Gasteiger partial charge in [-0.25, -0.2) is 4.79 Å². The molecule has 0 aliphatic carbocycles. The van der Waals surface area contributed by atoms with Crippen LogP contribution in [-0.4, -0.2) is 25.2 Å². The fourth-order valence-corrected chi connectivity index (χ4v) is 4.61. The Morgan fingerprint density at radius 2 is 1.78 bits per heavy atom. The zero-order valence-corrected chi connectivity index (χ0v) is 19.1. The normalized spacial score (nSPS) is 15.9. The molecule has 2 aromatic heterocycles. The second-order valence-electron chi connectivity index (χ2n) is 8.23. The van der Waals surface area contributed by atoms with Gasteiger partial charge in [-0.1, -0.05) is 54.4 Å². The van der Waals surface area contributed by atoms with Gasteiger partial charge in [0.2, 0.25) is 5.95 Å². The zero-order valence-electron chi connectivity index (χ0n) is 17.6. The largest absolute Gasteiger partial charge is 0.332 e. The third kappa shape index (κ3) is 3.32. The van der Waals surface area contributed by atoms with Crippen molar-refractivity contribution in [1.82, 2.24) is 18.7 Å². The molecule has 1 aliphatic rings. The molecular formula is C23H21Cl2N5O2. The molecule has 0 bridgehead atoms. The van der Waals surface area contributed by atoms with E-state index in [1.54, 1.807) is 25.2 Å². The van der Waals surface area contributed by atoms with Gasteiger partial charge in [0.05, 0.1) is 16.6 Å². The highest BCUT2D eigenvalue weighted by atomic mass is 35.5. The van der Waals surface area contributed by atoms with Crippen LogP contribution in [-0.2, 0) is 20.1 Å². The molecule has 32 heavy (non-hydrogen) atoms. The Morgan fingerprint density at radius 3 is 2.50 bits per heavy atom. The summed E-state index contributed by atoms with van der Waals surface area (Å²) in [4.78, 5) is 33.5. The minimum atomic E-state index is -0.427. The first-order chi connectivity index (χ1) is 15.3. The minimum Gasteiger partial charge on any atom is -0.312 e. The number of hydrogen-bond donors (Lipinski definition) is 0. The van der Waals surface area contributed by atoms with Gasteiger partial charge < -0.3 is 9.47 Å². The van der Waals surface area contributed by atoms with Crippen LogP contribution in [0.5, 0.6) is 0 Å². The van der Waals surface area contributed by atoms with Gasteiger partial charge in [0.15, 0.2) is 11.2 Å². The van der Waals surface area contributed by atoms with E-state index < -0.39 is 5.69 Å². The molecule has 164 valence electrons. The number of para-hydroxylation sites is 1. The van der Waals surface area contributed by atoms with Gasteiger partial charge in [-0.3, -0.25) is 13.9 Å². The third-order valence-electron chi connectivity index (χ3n) is 5.83. The molecule has 9 heteroatoms. The number of imidazole rings is 1.